The molecule has 1 aliphatic heterocycles. The topological polar surface area (TPSA) is 143 Å². The summed E-state index contributed by atoms with van der Waals surface area (Å²) in [5, 5.41) is 9.63. The Balaban J connectivity index is 2.32. The van der Waals surface area contributed by atoms with Crippen molar-refractivity contribution in [1.82, 2.24) is 9.97 Å². The van der Waals surface area contributed by atoms with E-state index >= 15 is 0 Å². The third-order valence-corrected chi connectivity index (χ3v) is 4.02. The molecule has 27 heavy (non-hydrogen) atoms. The molecule has 0 bridgehead atoms. The van der Waals surface area contributed by atoms with Crippen molar-refractivity contribution in [1.29, 1.82) is 5.26 Å². The molecule has 9 heteroatoms. The normalized spacial score (nSPS) is 15.5. The fourth-order valence-electron chi connectivity index (χ4n) is 3.00. The first-order valence-corrected chi connectivity index (χ1v) is 8.33. The van der Waals surface area contributed by atoms with Gasteiger partial charge in [0.1, 0.15) is 23.1 Å². The Morgan fingerprint density at radius 1 is 1.22 bits per heavy atom. The molecule has 4 N–H and O–H groups in total. The summed E-state index contributed by atoms with van der Waals surface area (Å²) in [5.74, 6) is -0.179. The maximum absolute atomic E-state index is 12.5. The zero-order valence-electron chi connectivity index (χ0n) is 14.8. The van der Waals surface area contributed by atoms with E-state index in [1.807, 2.05) is 19.9 Å². The highest BCUT2D eigenvalue weighted by atomic mass is 16.5. The second-order valence-corrected chi connectivity index (χ2v) is 5.64. The van der Waals surface area contributed by atoms with Crippen LogP contribution >= 0.6 is 0 Å². The molecular weight excluding hydrogens is 352 g/mol. The van der Waals surface area contributed by atoms with Crippen molar-refractivity contribution in [2.45, 2.75) is 19.8 Å². The van der Waals surface area contributed by atoms with Crippen molar-refractivity contribution in [2.75, 3.05) is 13.2 Å². The summed E-state index contributed by atoms with van der Waals surface area (Å²) in [5.41, 5.74) is 5.07. The van der Waals surface area contributed by atoms with Crippen LogP contribution in [0.15, 0.2) is 39.2 Å². The predicted molar refractivity (Wildman–Crippen MR) is 95.8 cm³/mol. The number of nitrogens with two attached hydrogens (primary N) is 1. The number of aromatic amines is 2. The van der Waals surface area contributed by atoms with Crippen molar-refractivity contribution >= 4 is 0 Å². The number of rotatable bonds is 5. The van der Waals surface area contributed by atoms with E-state index in [9.17, 15) is 14.9 Å². The summed E-state index contributed by atoms with van der Waals surface area (Å²) in [6, 6.07) is 7.11. The standard InChI is InChI=1S/C18H18N4O5/c1-3-25-9-5-6-12(26-4-2)10(7-9)13-11(8-19)15(20)27-17-14(13)16(23)21-18(24)22-17/h5-7,13H,3-4,20H2,1-2H3,(H2,21,22,23,24)/t13-/m0/s1. The number of nitrogens with one attached hydrogen (secondary N) is 2. The summed E-state index contributed by atoms with van der Waals surface area (Å²) in [7, 11) is 0. The summed E-state index contributed by atoms with van der Waals surface area (Å²) < 4.78 is 16.5. The van der Waals surface area contributed by atoms with E-state index in [0.717, 1.165) is 0 Å². The maximum atomic E-state index is 12.5. The van der Waals surface area contributed by atoms with Gasteiger partial charge in [-0.3, -0.25) is 14.8 Å². The van der Waals surface area contributed by atoms with Gasteiger partial charge < -0.3 is 19.9 Å². The van der Waals surface area contributed by atoms with Gasteiger partial charge >= 0.3 is 5.69 Å². The lowest BCUT2D eigenvalue weighted by molar-refractivity contribution is 0.325. The molecule has 0 saturated carbocycles. The van der Waals surface area contributed by atoms with Gasteiger partial charge in [0.25, 0.3) is 5.56 Å². The number of hydrogen-bond donors (Lipinski definition) is 3. The number of hydrogen-bond acceptors (Lipinski definition) is 7. The molecule has 0 aliphatic carbocycles. The highest BCUT2D eigenvalue weighted by Crippen LogP contribution is 2.43. The molecule has 1 aliphatic rings. The molecule has 1 aromatic heterocycles. The Labute approximate surface area is 154 Å². The molecule has 9 nitrogen and oxygen atoms in total. The molecule has 2 heterocycles. The van der Waals surface area contributed by atoms with Crippen LogP contribution in [0, 0.1) is 11.3 Å². The van der Waals surface area contributed by atoms with Gasteiger partial charge in [0.05, 0.1) is 24.7 Å². The van der Waals surface area contributed by atoms with E-state index in [2.05, 4.69) is 9.97 Å². The fraction of sp³-hybridized carbons (Fsp3) is 0.278. The number of benzene rings is 1. The SMILES string of the molecule is CCOc1ccc(OCC)c([C@H]2C(C#N)=C(N)Oc3[nH]c(=O)[nH]c(=O)c32)c1. The number of aromatic nitrogens is 2. The monoisotopic (exact) mass is 370 g/mol. The summed E-state index contributed by atoms with van der Waals surface area (Å²) in [6.45, 7) is 4.47. The molecule has 0 radical (unpaired) electrons. The minimum Gasteiger partial charge on any atom is -0.494 e. The second kappa shape index (κ2) is 7.29. The van der Waals surface area contributed by atoms with Gasteiger partial charge in [0, 0.05) is 5.56 Å². The first-order valence-electron chi connectivity index (χ1n) is 8.33. The predicted octanol–water partition coefficient (Wildman–Crippen LogP) is 1.08. The van der Waals surface area contributed by atoms with Crippen LogP contribution in [0.4, 0.5) is 0 Å². The van der Waals surface area contributed by atoms with Gasteiger partial charge in [-0.25, -0.2) is 4.79 Å². The van der Waals surface area contributed by atoms with Crippen LogP contribution < -0.4 is 31.2 Å². The zero-order chi connectivity index (χ0) is 19.6. The van der Waals surface area contributed by atoms with Crippen LogP contribution in [0.2, 0.25) is 0 Å². The van der Waals surface area contributed by atoms with Crippen LogP contribution in [-0.2, 0) is 0 Å². The van der Waals surface area contributed by atoms with Crippen molar-refractivity contribution in [2.24, 2.45) is 5.73 Å². The Kier molecular flexibility index (Phi) is 4.90. The number of nitriles is 1. The van der Waals surface area contributed by atoms with Gasteiger partial charge in [0.2, 0.25) is 11.8 Å². The molecule has 1 atom stereocenters. The molecule has 0 fully saturated rings. The van der Waals surface area contributed by atoms with E-state index in [0.29, 0.717) is 30.3 Å². The van der Waals surface area contributed by atoms with E-state index in [-0.39, 0.29) is 22.9 Å². The van der Waals surface area contributed by atoms with E-state index < -0.39 is 17.2 Å². The molecule has 0 spiro atoms. The van der Waals surface area contributed by atoms with Crippen molar-refractivity contribution in [3.05, 3.63) is 61.6 Å². The number of ether oxygens (including phenoxy) is 3. The van der Waals surface area contributed by atoms with Gasteiger partial charge in [-0.1, -0.05) is 0 Å². The number of fused-ring (bicyclic) bond motifs is 1. The van der Waals surface area contributed by atoms with E-state index in [4.69, 9.17) is 19.9 Å². The molecular formula is C18H18N4O5. The second-order valence-electron chi connectivity index (χ2n) is 5.64. The van der Waals surface area contributed by atoms with Gasteiger partial charge in [-0.2, -0.15) is 5.26 Å². The third-order valence-electron chi connectivity index (χ3n) is 4.02. The third kappa shape index (κ3) is 3.25. The van der Waals surface area contributed by atoms with E-state index in [1.165, 1.54) is 0 Å². The lowest BCUT2D eigenvalue weighted by Gasteiger charge is -2.26. The highest BCUT2D eigenvalue weighted by Gasteiger charge is 2.36. The first-order chi connectivity index (χ1) is 13.0. The van der Waals surface area contributed by atoms with Crippen LogP contribution in [-0.4, -0.2) is 23.2 Å². The Bertz CT molecular complexity index is 1060. The van der Waals surface area contributed by atoms with Crippen LogP contribution in [0.1, 0.15) is 30.9 Å². The quantitative estimate of drug-likeness (QED) is 0.714. The molecule has 140 valence electrons. The number of allylic oxidation sites excluding steroid dienone is 1. The van der Waals surface area contributed by atoms with Crippen LogP contribution in [0.25, 0.3) is 0 Å². The Morgan fingerprint density at radius 3 is 2.63 bits per heavy atom. The number of nitrogens with zero attached hydrogens (tertiary/aromatic N) is 1. The highest BCUT2D eigenvalue weighted by molar-refractivity contribution is 5.57. The zero-order valence-corrected chi connectivity index (χ0v) is 14.8. The minimum absolute atomic E-state index is 0.0367. The van der Waals surface area contributed by atoms with Crippen LogP contribution in [0.5, 0.6) is 17.4 Å². The Hall–Kier alpha value is -3.67. The molecule has 0 saturated heterocycles. The van der Waals surface area contributed by atoms with Gasteiger partial charge in [0.15, 0.2) is 0 Å². The smallest absolute Gasteiger partial charge is 0.328 e. The molecule has 0 unspecified atom stereocenters. The van der Waals surface area contributed by atoms with E-state index in [1.54, 1.807) is 18.2 Å². The lowest BCUT2D eigenvalue weighted by atomic mass is 9.84. The van der Waals surface area contributed by atoms with Crippen LogP contribution in [0.3, 0.4) is 0 Å². The average molecular weight is 370 g/mol. The molecule has 3 rings (SSSR count). The fourth-order valence-corrected chi connectivity index (χ4v) is 3.00. The molecule has 2 aromatic rings. The van der Waals surface area contributed by atoms with Crippen molar-refractivity contribution in [3.63, 3.8) is 0 Å². The van der Waals surface area contributed by atoms with Gasteiger partial charge in [-0.15, -0.1) is 0 Å². The van der Waals surface area contributed by atoms with Crippen molar-refractivity contribution in [3.8, 4) is 23.4 Å². The summed E-state index contributed by atoms with van der Waals surface area (Å²) >= 11 is 0. The van der Waals surface area contributed by atoms with Crippen molar-refractivity contribution < 1.29 is 14.2 Å². The molecule has 0 amide bonds. The number of H-pyrrole nitrogens is 2. The minimum atomic E-state index is -0.888. The average Bonchev–Trinajstić information content (AvgIpc) is 2.62. The molecule has 1 aromatic carbocycles. The summed E-state index contributed by atoms with van der Waals surface area (Å²) in [4.78, 5) is 28.7. The summed E-state index contributed by atoms with van der Waals surface area (Å²) in [6.07, 6.45) is 0. The lowest BCUT2D eigenvalue weighted by Crippen LogP contribution is -2.33. The van der Waals surface area contributed by atoms with Gasteiger partial charge in [-0.05, 0) is 32.0 Å². The maximum Gasteiger partial charge on any atom is 0.328 e. The largest absolute Gasteiger partial charge is 0.494 e. The Morgan fingerprint density at radius 2 is 1.96 bits per heavy atom. The first kappa shape index (κ1) is 18.1.